The molecule has 2 amide bonds. The quantitative estimate of drug-likeness (QED) is 0.759. The molecule has 9 heteroatoms. The molecule has 1 fully saturated rings. The number of nitrogens with one attached hydrogen (secondary N) is 1. The number of halogens is 2. The van der Waals surface area contributed by atoms with E-state index < -0.39 is 23.8 Å². The second-order valence-corrected chi connectivity index (χ2v) is 6.10. The number of hydrogen-bond acceptors (Lipinski definition) is 5. The molecule has 0 aromatic heterocycles. The minimum atomic E-state index is -1.05. The van der Waals surface area contributed by atoms with Crippen LogP contribution in [-0.4, -0.2) is 31.2 Å². The zero-order valence-electron chi connectivity index (χ0n) is 14.1. The van der Waals surface area contributed by atoms with Crippen LogP contribution in [-0.2, 0) is 9.53 Å². The van der Waals surface area contributed by atoms with Gasteiger partial charge >= 0.3 is 6.09 Å². The number of nitrogens with zero attached hydrogens (tertiary/aromatic N) is 1. The van der Waals surface area contributed by atoms with Crippen molar-refractivity contribution < 1.29 is 32.6 Å². The summed E-state index contributed by atoms with van der Waals surface area (Å²) in [7, 11) is 0. The van der Waals surface area contributed by atoms with Gasteiger partial charge < -0.3 is 19.5 Å². The van der Waals surface area contributed by atoms with E-state index in [2.05, 4.69) is 5.32 Å². The van der Waals surface area contributed by atoms with Crippen LogP contribution in [0.25, 0.3) is 0 Å². The molecule has 2 aromatic rings. The van der Waals surface area contributed by atoms with E-state index in [1.54, 1.807) is 18.2 Å². The zero-order chi connectivity index (χ0) is 19.1. The number of ether oxygens (including phenoxy) is 3. The Bertz CT molecular complexity index is 950. The maximum absolute atomic E-state index is 13.4. The molecule has 2 aliphatic rings. The molecule has 0 spiro atoms. The number of carbonyl (C=O) groups excluding carboxylic acids is 2. The van der Waals surface area contributed by atoms with E-state index in [0.717, 1.165) is 12.1 Å². The number of amides is 2. The molecule has 2 heterocycles. The molecule has 2 aromatic carbocycles. The predicted octanol–water partition coefficient (Wildman–Crippen LogP) is 3.32. The SMILES string of the molecule is CC(=O)NC[C@H]1CN(c2ccc3c(c2)Oc2cc(F)c(F)cc2O3)C(=O)O1. The van der Waals surface area contributed by atoms with E-state index in [1.165, 1.54) is 11.8 Å². The fourth-order valence-electron chi connectivity index (χ4n) is 2.83. The highest BCUT2D eigenvalue weighted by Crippen LogP contribution is 2.47. The first-order valence-electron chi connectivity index (χ1n) is 8.12. The van der Waals surface area contributed by atoms with Crippen molar-refractivity contribution in [3.05, 3.63) is 42.0 Å². The van der Waals surface area contributed by atoms with Crippen molar-refractivity contribution in [3.63, 3.8) is 0 Å². The van der Waals surface area contributed by atoms with Crippen molar-refractivity contribution in [2.24, 2.45) is 0 Å². The third kappa shape index (κ3) is 3.23. The van der Waals surface area contributed by atoms with Crippen LogP contribution in [0.4, 0.5) is 19.3 Å². The molecule has 27 heavy (non-hydrogen) atoms. The lowest BCUT2D eigenvalue weighted by atomic mass is 10.2. The highest BCUT2D eigenvalue weighted by molar-refractivity contribution is 5.90. The maximum Gasteiger partial charge on any atom is 0.414 e. The summed E-state index contributed by atoms with van der Waals surface area (Å²) < 4.78 is 43.1. The molecule has 4 rings (SSSR count). The molecule has 1 saturated heterocycles. The summed E-state index contributed by atoms with van der Waals surface area (Å²) in [4.78, 5) is 24.5. The molecule has 0 saturated carbocycles. The van der Waals surface area contributed by atoms with Crippen molar-refractivity contribution in [2.75, 3.05) is 18.0 Å². The van der Waals surface area contributed by atoms with Gasteiger partial charge in [0.05, 0.1) is 18.8 Å². The van der Waals surface area contributed by atoms with Crippen LogP contribution in [0, 0.1) is 11.6 Å². The Kier molecular flexibility index (Phi) is 4.06. The number of cyclic esters (lactones) is 1. The molecule has 1 N–H and O–H groups in total. The number of anilines is 1. The molecule has 1 atom stereocenters. The van der Waals surface area contributed by atoms with Gasteiger partial charge in [-0.05, 0) is 12.1 Å². The summed E-state index contributed by atoms with van der Waals surface area (Å²) in [6.45, 7) is 1.83. The average molecular weight is 376 g/mol. The Labute approximate surface area is 152 Å². The Morgan fingerprint density at radius 2 is 1.74 bits per heavy atom. The van der Waals surface area contributed by atoms with Crippen LogP contribution in [0.15, 0.2) is 30.3 Å². The Balaban J connectivity index is 1.55. The van der Waals surface area contributed by atoms with E-state index in [1.807, 2.05) is 0 Å². The summed E-state index contributed by atoms with van der Waals surface area (Å²) in [5.41, 5.74) is 0.485. The van der Waals surface area contributed by atoms with Crippen molar-refractivity contribution in [3.8, 4) is 23.0 Å². The summed E-state index contributed by atoms with van der Waals surface area (Å²) in [5.74, 6) is -1.66. The second-order valence-electron chi connectivity index (χ2n) is 6.10. The second kappa shape index (κ2) is 6.42. The molecule has 0 aliphatic carbocycles. The summed E-state index contributed by atoms with van der Waals surface area (Å²) in [6, 6.07) is 6.53. The fourth-order valence-corrected chi connectivity index (χ4v) is 2.83. The van der Waals surface area contributed by atoms with E-state index in [-0.39, 0.29) is 36.2 Å². The molecule has 0 bridgehead atoms. The van der Waals surface area contributed by atoms with Crippen molar-refractivity contribution in [1.82, 2.24) is 5.32 Å². The number of benzene rings is 2. The normalized spacial score (nSPS) is 17.4. The fraction of sp³-hybridized carbons (Fsp3) is 0.222. The monoisotopic (exact) mass is 376 g/mol. The Hall–Kier alpha value is -3.36. The van der Waals surface area contributed by atoms with Gasteiger partial charge in [-0.25, -0.2) is 13.6 Å². The lowest BCUT2D eigenvalue weighted by Gasteiger charge is -2.22. The zero-order valence-corrected chi connectivity index (χ0v) is 14.1. The number of rotatable bonds is 3. The van der Waals surface area contributed by atoms with Crippen LogP contribution < -0.4 is 19.7 Å². The Morgan fingerprint density at radius 1 is 1.11 bits per heavy atom. The van der Waals surface area contributed by atoms with Crippen LogP contribution in [0.1, 0.15) is 6.92 Å². The predicted molar refractivity (Wildman–Crippen MR) is 89.2 cm³/mol. The lowest BCUT2D eigenvalue weighted by molar-refractivity contribution is -0.119. The number of fused-ring (bicyclic) bond motifs is 2. The third-order valence-electron chi connectivity index (χ3n) is 4.12. The van der Waals surface area contributed by atoms with Gasteiger partial charge in [-0.3, -0.25) is 9.69 Å². The van der Waals surface area contributed by atoms with Crippen LogP contribution in [0.5, 0.6) is 23.0 Å². The van der Waals surface area contributed by atoms with Gasteiger partial charge in [0.25, 0.3) is 0 Å². The van der Waals surface area contributed by atoms with Gasteiger partial charge in [0.1, 0.15) is 6.10 Å². The molecule has 2 aliphatic heterocycles. The standard InChI is InChI=1S/C18H14F2N2O5/c1-9(23)21-7-11-8-22(18(24)25-11)10-2-3-14-15(4-10)27-17-6-13(20)12(19)5-16(17)26-14/h2-6,11H,7-8H2,1H3,(H,21,23)/t11-/m0/s1. The first-order chi connectivity index (χ1) is 12.9. The van der Waals surface area contributed by atoms with Gasteiger partial charge in [-0.1, -0.05) is 0 Å². The molecule has 0 unspecified atom stereocenters. The van der Waals surface area contributed by atoms with Crippen molar-refractivity contribution >= 4 is 17.7 Å². The van der Waals surface area contributed by atoms with Gasteiger partial charge in [0, 0.05) is 25.1 Å². The topological polar surface area (TPSA) is 77.1 Å². The van der Waals surface area contributed by atoms with Crippen molar-refractivity contribution in [2.45, 2.75) is 13.0 Å². The minimum Gasteiger partial charge on any atom is -0.449 e. The largest absolute Gasteiger partial charge is 0.449 e. The molecular weight excluding hydrogens is 362 g/mol. The summed E-state index contributed by atoms with van der Waals surface area (Å²) >= 11 is 0. The van der Waals surface area contributed by atoms with Gasteiger partial charge in [0.15, 0.2) is 34.6 Å². The number of hydrogen-bond donors (Lipinski definition) is 1. The average Bonchev–Trinajstić information content (AvgIpc) is 3.00. The smallest absolute Gasteiger partial charge is 0.414 e. The van der Waals surface area contributed by atoms with Crippen LogP contribution in [0.3, 0.4) is 0 Å². The van der Waals surface area contributed by atoms with Gasteiger partial charge in [-0.2, -0.15) is 0 Å². The molecule has 0 radical (unpaired) electrons. The minimum absolute atomic E-state index is 0.0334. The first kappa shape index (κ1) is 17.1. The molecular formula is C18H14F2N2O5. The molecule has 140 valence electrons. The Morgan fingerprint density at radius 3 is 2.41 bits per heavy atom. The highest BCUT2D eigenvalue weighted by Gasteiger charge is 2.33. The van der Waals surface area contributed by atoms with Gasteiger partial charge in [-0.15, -0.1) is 0 Å². The maximum atomic E-state index is 13.4. The van der Waals surface area contributed by atoms with E-state index in [0.29, 0.717) is 11.4 Å². The van der Waals surface area contributed by atoms with Crippen LogP contribution >= 0.6 is 0 Å². The van der Waals surface area contributed by atoms with Crippen molar-refractivity contribution in [1.29, 1.82) is 0 Å². The first-order valence-corrected chi connectivity index (χ1v) is 8.12. The third-order valence-corrected chi connectivity index (χ3v) is 4.12. The van der Waals surface area contributed by atoms with E-state index in [9.17, 15) is 18.4 Å². The number of carbonyl (C=O) groups is 2. The summed E-state index contributed by atoms with van der Waals surface area (Å²) in [5, 5.41) is 2.60. The van der Waals surface area contributed by atoms with E-state index in [4.69, 9.17) is 14.2 Å². The van der Waals surface area contributed by atoms with E-state index >= 15 is 0 Å². The summed E-state index contributed by atoms with van der Waals surface area (Å²) in [6.07, 6.45) is -1.04. The van der Waals surface area contributed by atoms with Crippen LogP contribution in [0.2, 0.25) is 0 Å². The van der Waals surface area contributed by atoms with Gasteiger partial charge in [0.2, 0.25) is 5.91 Å². The molecule has 7 nitrogen and oxygen atoms in total. The highest BCUT2D eigenvalue weighted by atomic mass is 19.2. The lowest BCUT2D eigenvalue weighted by Crippen LogP contribution is -2.33.